The van der Waals surface area contributed by atoms with Gasteiger partial charge in [-0.1, -0.05) is 13.0 Å². The van der Waals surface area contributed by atoms with E-state index in [1.54, 1.807) is 13.0 Å². The van der Waals surface area contributed by atoms with E-state index in [0.29, 0.717) is 0 Å². The Balaban J connectivity index is 3.02. The molecule has 0 aliphatic carbocycles. The van der Waals surface area contributed by atoms with Crippen LogP contribution in [0.4, 0.5) is 11.4 Å². The summed E-state index contributed by atoms with van der Waals surface area (Å²) in [5, 5.41) is 18.1. The Bertz CT molecular complexity index is 591. The van der Waals surface area contributed by atoms with Gasteiger partial charge in [-0.15, -0.1) is 0 Å². The Kier molecular flexibility index (Phi) is 4.23. The third-order valence-corrected chi connectivity index (χ3v) is 3.91. The first-order valence-electron chi connectivity index (χ1n) is 5.06. The predicted octanol–water partition coefficient (Wildman–Crippen LogP) is 1.64. The van der Waals surface area contributed by atoms with Gasteiger partial charge in [0.15, 0.2) is 5.25 Å². The van der Waals surface area contributed by atoms with Gasteiger partial charge in [-0.2, -0.15) is 5.26 Å². The minimum atomic E-state index is -3.85. The van der Waals surface area contributed by atoms with Gasteiger partial charge in [-0.3, -0.25) is 14.8 Å². The summed E-state index contributed by atoms with van der Waals surface area (Å²) in [6, 6.07) is 6.76. The number of sulfonamides is 1. The van der Waals surface area contributed by atoms with E-state index in [9.17, 15) is 18.5 Å². The van der Waals surface area contributed by atoms with Crippen LogP contribution in [0.25, 0.3) is 0 Å². The van der Waals surface area contributed by atoms with Crippen LogP contribution in [0.5, 0.6) is 0 Å². The van der Waals surface area contributed by atoms with Gasteiger partial charge in [-0.05, 0) is 12.5 Å². The summed E-state index contributed by atoms with van der Waals surface area (Å²) < 4.78 is 25.6. The highest BCUT2D eigenvalue weighted by Gasteiger charge is 2.23. The highest BCUT2D eigenvalue weighted by Crippen LogP contribution is 2.19. The Hall–Kier alpha value is -2.14. The van der Waals surface area contributed by atoms with Crippen LogP contribution in [0.1, 0.15) is 13.3 Å². The van der Waals surface area contributed by atoms with Gasteiger partial charge in [0, 0.05) is 12.1 Å². The fourth-order valence-corrected chi connectivity index (χ4v) is 2.47. The van der Waals surface area contributed by atoms with Crippen molar-refractivity contribution in [2.75, 3.05) is 4.72 Å². The summed E-state index contributed by atoms with van der Waals surface area (Å²) in [5.74, 6) is 0. The summed E-state index contributed by atoms with van der Waals surface area (Å²) in [5.41, 5.74) is -0.155. The fraction of sp³-hybridized carbons (Fsp3) is 0.300. The van der Waals surface area contributed by atoms with Crippen molar-refractivity contribution in [2.45, 2.75) is 18.6 Å². The topological polar surface area (TPSA) is 113 Å². The molecule has 0 saturated heterocycles. The molecule has 0 amide bonds. The number of nitro groups is 1. The van der Waals surface area contributed by atoms with Crippen molar-refractivity contribution in [3.8, 4) is 6.07 Å². The van der Waals surface area contributed by atoms with E-state index in [1.165, 1.54) is 18.2 Å². The summed E-state index contributed by atoms with van der Waals surface area (Å²) in [4.78, 5) is 9.92. The average molecular weight is 269 g/mol. The quantitative estimate of drug-likeness (QED) is 0.644. The number of rotatable bonds is 5. The monoisotopic (exact) mass is 269 g/mol. The Labute approximate surface area is 104 Å². The molecule has 0 spiro atoms. The molecule has 0 aliphatic heterocycles. The first kappa shape index (κ1) is 13.9. The fourth-order valence-electron chi connectivity index (χ4n) is 1.30. The van der Waals surface area contributed by atoms with Gasteiger partial charge in [0.05, 0.1) is 16.7 Å². The molecule has 96 valence electrons. The van der Waals surface area contributed by atoms with Crippen LogP contribution in [0.15, 0.2) is 24.3 Å². The lowest BCUT2D eigenvalue weighted by Crippen LogP contribution is -2.25. The van der Waals surface area contributed by atoms with Crippen LogP contribution in [-0.2, 0) is 10.0 Å². The molecule has 8 heteroatoms. The minimum absolute atomic E-state index is 0.0675. The molecule has 0 bridgehead atoms. The van der Waals surface area contributed by atoms with E-state index >= 15 is 0 Å². The Morgan fingerprint density at radius 1 is 1.56 bits per heavy atom. The molecule has 7 nitrogen and oxygen atoms in total. The van der Waals surface area contributed by atoms with E-state index in [4.69, 9.17) is 5.26 Å². The van der Waals surface area contributed by atoms with Crippen molar-refractivity contribution in [1.82, 2.24) is 0 Å². The van der Waals surface area contributed by atoms with Gasteiger partial charge in [0.2, 0.25) is 10.0 Å². The predicted molar refractivity (Wildman–Crippen MR) is 65.3 cm³/mol. The van der Waals surface area contributed by atoms with Crippen LogP contribution < -0.4 is 4.72 Å². The standard InChI is InChI=1S/C10H11N3O4S/c1-2-10(7-11)18(16,17)12-8-4-3-5-9(6-8)13(14)15/h3-6,10,12H,2H2,1H3. The molecule has 0 fully saturated rings. The largest absolute Gasteiger partial charge is 0.282 e. The molecule has 0 saturated carbocycles. The summed E-state index contributed by atoms with van der Waals surface area (Å²) in [7, 11) is -3.85. The number of hydrogen-bond acceptors (Lipinski definition) is 5. The second kappa shape index (κ2) is 5.46. The number of hydrogen-bond donors (Lipinski definition) is 1. The van der Waals surface area contributed by atoms with E-state index < -0.39 is 20.2 Å². The molecule has 1 atom stereocenters. The zero-order valence-corrected chi connectivity index (χ0v) is 10.3. The van der Waals surface area contributed by atoms with Crippen molar-refractivity contribution in [3.05, 3.63) is 34.4 Å². The maximum atomic E-state index is 11.7. The lowest BCUT2D eigenvalue weighted by Gasteiger charge is -2.10. The van der Waals surface area contributed by atoms with Crippen LogP contribution in [0.2, 0.25) is 0 Å². The van der Waals surface area contributed by atoms with Gasteiger partial charge < -0.3 is 0 Å². The average Bonchev–Trinajstić information content (AvgIpc) is 2.29. The van der Waals surface area contributed by atoms with Crippen molar-refractivity contribution in [2.24, 2.45) is 0 Å². The normalized spacial score (nSPS) is 12.4. The molecular weight excluding hydrogens is 258 g/mol. The van der Waals surface area contributed by atoms with E-state index in [2.05, 4.69) is 4.72 Å². The van der Waals surface area contributed by atoms with Gasteiger partial charge in [0.25, 0.3) is 5.69 Å². The van der Waals surface area contributed by atoms with Gasteiger partial charge >= 0.3 is 0 Å². The summed E-state index contributed by atoms with van der Waals surface area (Å²) in [6.45, 7) is 1.57. The number of nitro benzene ring substituents is 1. The maximum absolute atomic E-state index is 11.7. The zero-order chi connectivity index (χ0) is 13.8. The highest BCUT2D eigenvalue weighted by atomic mass is 32.2. The minimum Gasteiger partial charge on any atom is -0.282 e. The second-order valence-electron chi connectivity index (χ2n) is 3.48. The van der Waals surface area contributed by atoms with Gasteiger partial charge in [0.1, 0.15) is 0 Å². The molecule has 1 aromatic rings. The number of benzene rings is 1. The van der Waals surface area contributed by atoms with Gasteiger partial charge in [-0.25, -0.2) is 8.42 Å². The second-order valence-corrected chi connectivity index (χ2v) is 5.34. The molecule has 1 N–H and O–H groups in total. The van der Waals surface area contributed by atoms with Crippen molar-refractivity contribution in [3.63, 3.8) is 0 Å². The molecule has 0 aliphatic rings. The Morgan fingerprint density at radius 3 is 2.72 bits per heavy atom. The van der Waals surface area contributed by atoms with Crippen LogP contribution >= 0.6 is 0 Å². The zero-order valence-electron chi connectivity index (χ0n) is 9.53. The van der Waals surface area contributed by atoms with Crippen molar-refractivity contribution < 1.29 is 13.3 Å². The SMILES string of the molecule is CCC(C#N)S(=O)(=O)Nc1cccc([N+](=O)[O-])c1. The number of anilines is 1. The number of nitrogens with zero attached hydrogens (tertiary/aromatic N) is 2. The molecule has 1 rings (SSSR count). The number of non-ortho nitro benzene ring substituents is 1. The highest BCUT2D eigenvalue weighted by molar-refractivity contribution is 7.93. The van der Waals surface area contributed by atoms with E-state index in [-0.39, 0.29) is 17.8 Å². The molecule has 18 heavy (non-hydrogen) atoms. The molecule has 0 heterocycles. The van der Waals surface area contributed by atoms with Crippen LogP contribution in [0, 0.1) is 21.4 Å². The molecule has 1 aromatic carbocycles. The van der Waals surface area contributed by atoms with Crippen molar-refractivity contribution >= 4 is 21.4 Å². The number of nitrogens with one attached hydrogen (secondary N) is 1. The number of nitriles is 1. The van der Waals surface area contributed by atoms with Crippen LogP contribution in [0.3, 0.4) is 0 Å². The van der Waals surface area contributed by atoms with E-state index in [0.717, 1.165) is 6.07 Å². The molecule has 0 aromatic heterocycles. The molecular formula is C10H11N3O4S. The van der Waals surface area contributed by atoms with Crippen molar-refractivity contribution in [1.29, 1.82) is 5.26 Å². The third kappa shape index (κ3) is 3.18. The molecule has 0 radical (unpaired) electrons. The molecule has 1 unspecified atom stereocenters. The maximum Gasteiger partial charge on any atom is 0.271 e. The summed E-state index contributed by atoms with van der Waals surface area (Å²) in [6.07, 6.45) is 0.140. The lowest BCUT2D eigenvalue weighted by atomic mass is 10.3. The third-order valence-electron chi connectivity index (χ3n) is 2.21. The van der Waals surface area contributed by atoms with E-state index in [1.807, 2.05) is 0 Å². The lowest BCUT2D eigenvalue weighted by molar-refractivity contribution is -0.384. The summed E-state index contributed by atoms with van der Waals surface area (Å²) >= 11 is 0. The first-order valence-corrected chi connectivity index (χ1v) is 6.61. The smallest absolute Gasteiger partial charge is 0.271 e. The first-order chi connectivity index (χ1) is 8.40. The van der Waals surface area contributed by atoms with Crippen LogP contribution in [-0.4, -0.2) is 18.6 Å². The Morgan fingerprint density at radius 2 is 2.22 bits per heavy atom.